The number of carbonyl (C=O) groups excluding carboxylic acids is 1. The van der Waals surface area contributed by atoms with Crippen molar-refractivity contribution in [3.05, 3.63) is 70.0 Å². The highest BCUT2D eigenvalue weighted by Gasteiger charge is 2.40. The molecule has 0 saturated carbocycles. The van der Waals surface area contributed by atoms with Crippen molar-refractivity contribution in [2.45, 2.75) is 18.8 Å². The zero-order valence-corrected chi connectivity index (χ0v) is 14.1. The summed E-state index contributed by atoms with van der Waals surface area (Å²) in [7, 11) is 0. The molecule has 4 rings (SSSR count). The second kappa shape index (κ2) is 6.20. The van der Waals surface area contributed by atoms with Crippen LogP contribution in [-0.4, -0.2) is 34.0 Å². The first-order valence-corrected chi connectivity index (χ1v) is 8.78. The van der Waals surface area contributed by atoms with Gasteiger partial charge in [-0.3, -0.25) is 4.79 Å². The van der Waals surface area contributed by atoms with Crippen LogP contribution in [0.1, 0.15) is 38.8 Å². The molecular formula is C18H17N3O2S. The molecular weight excluding hydrogens is 322 g/mol. The second-order valence-corrected chi connectivity index (χ2v) is 6.94. The monoisotopic (exact) mass is 339 g/mol. The van der Waals surface area contributed by atoms with Crippen molar-refractivity contribution >= 4 is 17.2 Å². The number of thiophene rings is 1. The number of benzene rings is 1. The number of nitrogens with zero attached hydrogens (tertiary/aromatic N) is 3. The maximum absolute atomic E-state index is 12.7. The largest absolute Gasteiger partial charge is 0.339 e. The van der Waals surface area contributed by atoms with Crippen LogP contribution < -0.4 is 0 Å². The fraction of sp³-hybridized carbons (Fsp3) is 0.278. The van der Waals surface area contributed by atoms with Crippen LogP contribution in [0.15, 0.2) is 52.4 Å². The Balaban J connectivity index is 1.66. The van der Waals surface area contributed by atoms with Gasteiger partial charge >= 0.3 is 0 Å². The molecule has 0 N–H and O–H groups in total. The van der Waals surface area contributed by atoms with Gasteiger partial charge < -0.3 is 9.42 Å². The molecule has 3 aromatic rings. The molecule has 2 aromatic heterocycles. The third-order valence-corrected chi connectivity index (χ3v) is 5.29. The van der Waals surface area contributed by atoms with Crippen LogP contribution in [0.2, 0.25) is 0 Å². The van der Waals surface area contributed by atoms with Gasteiger partial charge in [-0.2, -0.15) is 4.98 Å². The van der Waals surface area contributed by atoms with E-state index in [4.69, 9.17) is 4.52 Å². The van der Waals surface area contributed by atoms with E-state index < -0.39 is 0 Å². The number of hydrogen-bond acceptors (Lipinski definition) is 5. The lowest BCUT2D eigenvalue weighted by Crippen LogP contribution is -2.28. The van der Waals surface area contributed by atoms with E-state index in [2.05, 4.69) is 22.3 Å². The molecule has 1 aliphatic heterocycles. The topological polar surface area (TPSA) is 59.2 Å². The summed E-state index contributed by atoms with van der Waals surface area (Å²) in [6.45, 7) is 3.07. The zero-order chi connectivity index (χ0) is 16.5. The summed E-state index contributed by atoms with van der Waals surface area (Å²) in [5.41, 5.74) is 1.19. The van der Waals surface area contributed by atoms with Crippen LogP contribution >= 0.6 is 11.3 Å². The number of hydrogen-bond donors (Lipinski definition) is 0. The molecule has 24 heavy (non-hydrogen) atoms. The Morgan fingerprint density at radius 2 is 1.96 bits per heavy atom. The summed E-state index contributed by atoms with van der Waals surface area (Å²) in [6, 6.07) is 14.0. The van der Waals surface area contributed by atoms with Crippen molar-refractivity contribution in [2.24, 2.45) is 0 Å². The van der Waals surface area contributed by atoms with E-state index >= 15 is 0 Å². The van der Waals surface area contributed by atoms with Crippen LogP contribution in [0.3, 0.4) is 0 Å². The molecule has 0 radical (unpaired) electrons. The summed E-state index contributed by atoms with van der Waals surface area (Å²) in [4.78, 5) is 19.8. The molecule has 0 unspecified atom stereocenters. The first kappa shape index (κ1) is 15.1. The Bertz CT molecular complexity index is 829. The highest BCUT2D eigenvalue weighted by atomic mass is 32.1. The molecule has 0 aliphatic carbocycles. The van der Waals surface area contributed by atoms with E-state index in [1.807, 2.05) is 47.5 Å². The van der Waals surface area contributed by atoms with Crippen LogP contribution in [0.5, 0.6) is 0 Å². The molecule has 122 valence electrons. The van der Waals surface area contributed by atoms with E-state index in [0.29, 0.717) is 24.8 Å². The lowest BCUT2D eigenvalue weighted by Gasteiger charge is -2.15. The SMILES string of the molecule is Cc1noc([C@H]2CN(C(=O)c3cccs3)C[C@@H]2c2ccccc2)n1. The number of rotatable bonds is 3. The van der Waals surface area contributed by atoms with Gasteiger partial charge in [0.2, 0.25) is 5.89 Å². The first-order chi connectivity index (χ1) is 11.7. The van der Waals surface area contributed by atoms with Gasteiger partial charge in [-0.05, 0) is 23.9 Å². The van der Waals surface area contributed by atoms with E-state index in [-0.39, 0.29) is 17.7 Å². The average molecular weight is 339 g/mol. The van der Waals surface area contributed by atoms with Gasteiger partial charge in [0.25, 0.3) is 5.91 Å². The summed E-state index contributed by atoms with van der Waals surface area (Å²) in [5, 5.41) is 5.85. The average Bonchev–Trinajstić information content (AvgIpc) is 3.35. The van der Waals surface area contributed by atoms with Gasteiger partial charge in [0.1, 0.15) is 0 Å². The van der Waals surface area contributed by atoms with Crippen LogP contribution in [0.4, 0.5) is 0 Å². The number of likely N-dealkylation sites (tertiary alicyclic amines) is 1. The Morgan fingerprint density at radius 3 is 2.62 bits per heavy atom. The summed E-state index contributed by atoms with van der Waals surface area (Å²) < 4.78 is 5.42. The fourth-order valence-corrected chi connectivity index (χ4v) is 3.97. The molecule has 1 aromatic carbocycles. The van der Waals surface area contributed by atoms with Crippen molar-refractivity contribution < 1.29 is 9.32 Å². The van der Waals surface area contributed by atoms with Gasteiger partial charge in [-0.25, -0.2) is 0 Å². The Labute approximate surface area is 143 Å². The minimum atomic E-state index is 0.0255. The zero-order valence-electron chi connectivity index (χ0n) is 13.3. The molecule has 0 bridgehead atoms. The predicted molar refractivity (Wildman–Crippen MR) is 91.2 cm³/mol. The van der Waals surface area contributed by atoms with E-state index in [1.54, 1.807) is 0 Å². The maximum Gasteiger partial charge on any atom is 0.263 e. The molecule has 2 atom stereocenters. The molecule has 3 heterocycles. The smallest absolute Gasteiger partial charge is 0.263 e. The van der Waals surface area contributed by atoms with E-state index in [0.717, 1.165) is 4.88 Å². The number of carbonyl (C=O) groups is 1. The standard InChI is InChI=1S/C18H17N3O2S/c1-12-19-17(23-20-12)15-11-21(18(22)16-8-5-9-24-16)10-14(15)13-6-3-2-4-7-13/h2-9,14-15H,10-11H2,1H3/t14-,15+/m1/s1. The van der Waals surface area contributed by atoms with E-state index in [1.165, 1.54) is 16.9 Å². The Hall–Kier alpha value is -2.47. The predicted octanol–water partition coefficient (Wildman–Crippen LogP) is 3.46. The lowest BCUT2D eigenvalue weighted by atomic mass is 9.89. The van der Waals surface area contributed by atoms with Crippen molar-refractivity contribution in [3.63, 3.8) is 0 Å². The van der Waals surface area contributed by atoms with Gasteiger partial charge in [0, 0.05) is 19.0 Å². The first-order valence-electron chi connectivity index (χ1n) is 7.90. The molecule has 6 heteroatoms. The Morgan fingerprint density at radius 1 is 1.17 bits per heavy atom. The Kier molecular flexibility index (Phi) is 3.90. The summed E-state index contributed by atoms with van der Waals surface area (Å²) in [5.74, 6) is 1.50. The van der Waals surface area contributed by atoms with Crippen molar-refractivity contribution in [3.8, 4) is 0 Å². The quantitative estimate of drug-likeness (QED) is 0.733. The minimum absolute atomic E-state index is 0.0255. The molecule has 1 saturated heterocycles. The van der Waals surface area contributed by atoms with Crippen molar-refractivity contribution in [2.75, 3.05) is 13.1 Å². The maximum atomic E-state index is 12.7. The summed E-state index contributed by atoms with van der Waals surface area (Å²) >= 11 is 1.47. The summed E-state index contributed by atoms with van der Waals surface area (Å²) in [6.07, 6.45) is 0. The highest BCUT2D eigenvalue weighted by molar-refractivity contribution is 7.12. The van der Waals surface area contributed by atoms with Crippen LogP contribution in [0.25, 0.3) is 0 Å². The fourth-order valence-electron chi connectivity index (χ4n) is 3.28. The second-order valence-electron chi connectivity index (χ2n) is 5.99. The van der Waals surface area contributed by atoms with Crippen LogP contribution in [-0.2, 0) is 0 Å². The van der Waals surface area contributed by atoms with Gasteiger partial charge in [0.05, 0.1) is 10.8 Å². The number of aryl methyl sites for hydroxylation is 1. The van der Waals surface area contributed by atoms with Gasteiger partial charge in [-0.1, -0.05) is 41.6 Å². The number of amides is 1. The van der Waals surface area contributed by atoms with Crippen molar-refractivity contribution in [1.29, 1.82) is 0 Å². The molecule has 5 nitrogen and oxygen atoms in total. The third kappa shape index (κ3) is 2.73. The van der Waals surface area contributed by atoms with Gasteiger partial charge in [-0.15, -0.1) is 11.3 Å². The van der Waals surface area contributed by atoms with E-state index in [9.17, 15) is 4.79 Å². The normalized spacial score (nSPS) is 20.5. The molecule has 1 aliphatic rings. The van der Waals surface area contributed by atoms with Gasteiger partial charge in [0.15, 0.2) is 5.82 Å². The van der Waals surface area contributed by atoms with Crippen molar-refractivity contribution in [1.82, 2.24) is 15.0 Å². The molecule has 1 fully saturated rings. The third-order valence-electron chi connectivity index (χ3n) is 4.43. The minimum Gasteiger partial charge on any atom is -0.339 e. The number of aromatic nitrogens is 2. The molecule has 0 spiro atoms. The van der Waals surface area contributed by atoms with Crippen LogP contribution in [0, 0.1) is 6.92 Å². The highest BCUT2D eigenvalue weighted by Crippen LogP contribution is 2.39. The molecule has 1 amide bonds. The lowest BCUT2D eigenvalue weighted by molar-refractivity contribution is 0.0793.